The molecule has 1 atom stereocenters. The molecule has 0 spiro atoms. The van der Waals surface area contributed by atoms with Crippen LogP contribution in [-0.4, -0.2) is 48.0 Å². The summed E-state index contributed by atoms with van der Waals surface area (Å²) < 4.78 is 5.89. The summed E-state index contributed by atoms with van der Waals surface area (Å²) in [6.45, 7) is 13.1. The number of nitrogens with zero attached hydrogens (tertiary/aromatic N) is 2. The van der Waals surface area contributed by atoms with Crippen LogP contribution in [0, 0.1) is 5.92 Å². The zero-order valence-corrected chi connectivity index (χ0v) is 17.9. The second kappa shape index (κ2) is 11.9. The molecule has 1 saturated heterocycles. The highest BCUT2D eigenvalue weighted by Gasteiger charge is 2.18. The third-order valence-corrected chi connectivity index (χ3v) is 5.54. The van der Waals surface area contributed by atoms with Gasteiger partial charge in [-0.1, -0.05) is 51.7 Å². The quantitative estimate of drug-likeness (QED) is 0.428. The van der Waals surface area contributed by atoms with Crippen LogP contribution in [0.15, 0.2) is 24.3 Å². The van der Waals surface area contributed by atoms with Gasteiger partial charge in [0, 0.05) is 38.1 Å². The number of unbranched alkanes of at least 4 members (excludes halogenated alkanes) is 3. The normalized spacial score (nSPS) is 17.6. The highest BCUT2D eigenvalue weighted by molar-refractivity contribution is 7.80. The largest absolute Gasteiger partial charge is 0.494 e. The SMILES string of the molecule is CC(C)CCCCCCOc1ccc(CN2CCN(C(C)S)CC2)cc1. The Balaban J connectivity index is 1.59. The Morgan fingerprint density at radius 1 is 0.923 bits per heavy atom. The molecule has 1 fully saturated rings. The molecule has 0 aliphatic carbocycles. The van der Waals surface area contributed by atoms with Crippen molar-refractivity contribution in [3.05, 3.63) is 29.8 Å². The molecule has 0 amide bonds. The molecular weight excluding hydrogens is 340 g/mol. The van der Waals surface area contributed by atoms with E-state index in [1.807, 2.05) is 0 Å². The van der Waals surface area contributed by atoms with Gasteiger partial charge in [-0.05, 0) is 37.0 Å². The van der Waals surface area contributed by atoms with Crippen LogP contribution in [0.2, 0.25) is 0 Å². The highest BCUT2D eigenvalue weighted by Crippen LogP contribution is 2.16. The smallest absolute Gasteiger partial charge is 0.119 e. The maximum Gasteiger partial charge on any atom is 0.119 e. The summed E-state index contributed by atoms with van der Waals surface area (Å²) >= 11 is 4.53. The highest BCUT2D eigenvalue weighted by atomic mass is 32.1. The minimum atomic E-state index is 0.365. The first kappa shape index (κ1) is 21.6. The van der Waals surface area contributed by atoms with Gasteiger partial charge in [-0.15, -0.1) is 0 Å². The zero-order chi connectivity index (χ0) is 18.8. The molecule has 1 aliphatic heterocycles. The van der Waals surface area contributed by atoms with Gasteiger partial charge in [0.25, 0.3) is 0 Å². The van der Waals surface area contributed by atoms with E-state index in [9.17, 15) is 0 Å². The maximum absolute atomic E-state index is 5.89. The van der Waals surface area contributed by atoms with Crippen LogP contribution in [0.5, 0.6) is 5.75 Å². The van der Waals surface area contributed by atoms with Crippen molar-refractivity contribution < 1.29 is 4.74 Å². The molecule has 26 heavy (non-hydrogen) atoms. The van der Waals surface area contributed by atoms with Gasteiger partial charge in [0.2, 0.25) is 0 Å². The number of hydrogen-bond donors (Lipinski definition) is 1. The van der Waals surface area contributed by atoms with E-state index in [-0.39, 0.29) is 0 Å². The van der Waals surface area contributed by atoms with Crippen LogP contribution in [0.1, 0.15) is 58.4 Å². The van der Waals surface area contributed by atoms with Gasteiger partial charge in [0.05, 0.1) is 6.61 Å². The van der Waals surface area contributed by atoms with Crippen LogP contribution < -0.4 is 4.74 Å². The van der Waals surface area contributed by atoms with Crippen molar-refractivity contribution in [1.82, 2.24) is 9.80 Å². The molecule has 148 valence electrons. The van der Waals surface area contributed by atoms with E-state index < -0.39 is 0 Å². The summed E-state index contributed by atoms with van der Waals surface area (Å²) in [5.74, 6) is 1.84. The zero-order valence-electron chi connectivity index (χ0n) is 17.0. The van der Waals surface area contributed by atoms with Crippen LogP contribution in [-0.2, 0) is 6.54 Å². The summed E-state index contributed by atoms with van der Waals surface area (Å²) in [4.78, 5) is 4.96. The van der Waals surface area contributed by atoms with Gasteiger partial charge in [-0.3, -0.25) is 9.80 Å². The molecule has 1 aliphatic rings. The molecule has 1 aromatic rings. The molecule has 0 saturated carbocycles. The Bertz CT molecular complexity index is 481. The van der Waals surface area contributed by atoms with E-state index in [1.165, 1.54) is 31.2 Å². The number of ether oxygens (including phenoxy) is 1. The Kier molecular flexibility index (Phi) is 9.87. The number of rotatable bonds is 11. The Hall–Kier alpha value is -0.710. The fourth-order valence-electron chi connectivity index (χ4n) is 3.44. The van der Waals surface area contributed by atoms with Gasteiger partial charge in [0.1, 0.15) is 5.75 Å². The molecule has 0 bridgehead atoms. The summed E-state index contributed by atoms with van der Waals surface area (Å²) in [6, 6.07) is 8.68. The number of hydrogen-bond acceptors (Lipinski definition) is 4. The summed E-state index contributed by atoms with van der Waals surface area (Å²) in [5.41, 5.74) is 1.37. The lowest BCUT2D eigenvalue weighted by molar-refractivity contribution is 0.123. The fourth-order valence-corrected chi connectivity index (χ4v) is 3.67. The first-order valence-corrected chi connectivity index (χ1v) is 10.9. The van der Waals surface area contributed by atoms with Crippen LogP contribution in [0.4, 0.5) is 0 Å². The van der Waals surface area contributed by atoms with Gasteiger partial charge >= 0.3 is 0 Å². The maximum atomic E-state index is 5.89. The summed E-state index contributed by atoms with van der Waals surface area (Å²) in [5, 5.41) is 0.365. The Morgan fingerprint density at radius 3 is 2.19 bits per heavy atom. The van der Waals surface area contributed by atoms with Crippen molar-refractivity contribution in [2.24, 2.45) is 5.92 Å². The van der Waals surface area contributed by atoms with Crippen LogP contribution >= 0.6 is 12.6 Å². The average molecular weight is 379 g/mol. The molecule has 0 N–H and O–H groups in total. The second-order valence-corrected chi connectivity index (χ2v) is 8.78. The molecule has 4 heteroatoms. The number of thiol groups is 1. The topological polar surface area (TPSA) is 15.7 Å². The number of benzene rings is 1. The van der Waals surface area contributed by atoms with E-state index in [2.05, 4.69) is 67.5 Å². The molecule has 3 nitrogen and oxygen atoms in total. The lowest BCUT2D eigenvalue weighted by Crippen LogP contribution is -2.47. The average Bonchev–Trinajstić information content (AvgIpc) is 2.62. The van der Waals surface area contributed by atoms with E-state index in [4.69, 9.17) is 4.74 Å². The molecule has 1 heterocycles. The molecule has 2 rings (SSSR count). The van der Waals surface area contributed by atoms with Crippen molar-refractivity contribution in [3.8, 4) is 5.75 Å². The van der Waals surface area contributed by atoms with Crippen molar-refractivity contribution in [1.29, 1.82) is 0 Å². The summed E-state index contributed by atoms with van der Waals surface area (Å²) in [7, 11) is 0. The predicted molar refractivity (Wildman–Crippen MR) is 115 cm³/mol. The van der Waals surface area contributed by atoms with Crippen molar-refractivity contribution >= 4 is 12.6 Å². The van der Waals surface area contributed by atoms with Crippen molar-refractivity contribution in [2.45, 2.75) is 64.8 Å². The molecular formula is C22H38N2OS. The minimum Gasteiger partial charge on any atom is -0.494 e. The third kappa shape index (κ3) is 8.32. The number of piperazine rings is 1. The monoisotopic (exact) mass is 378 g/mol. The van der Waals surface area contributed by atoms with Crippen molar-refractivity contribution in [2.75, 3.05) is 32.8 Å². The first-order chi connectivity index (χ1) is 12.5. The Labute approximate surface area is 166 Å². The molecule has 0 radical (unpaired) electrons. The predicted octanol–water partition coefficient (Wildman–Crippen LogP) is 5.07. The Morgan fingerprint density at radius 2 is 1.58 bits per heavy atom. The minimum absolute atomic E-state index is 0.365. The van der Waals surface area contributed by atoms with E-state index in [1.54, 1.807) is 0 Å². The molecule has 1 unspecified atom stereocenters. The molecule has 0 aromatic heterocycles. The lowest BCUT2D eigenvalue weighted by Gasteiger charge is -2.36. The van der Waals surface area contributed by atoms with Gasteiger partial charge < -0.3 is 4.74 Å². The second-order valence-electron chi connectivity index (χ2n) is 8.03. The van der Waals surface area contributed by atoms with Gasteiger partial charge in [0.15, 0.2) is 0 Å². The van der Waals surface area contributed by atoms with Gasteiger partial charge in [-0.2, -0.15) is 12.6 Å². The van der Waals surface area contributed by atoms with E-state index in [0.717, 1.165) is 57.4 Å². The van der Waals surface area contributed by atoms with Crippen molar-refractivity contribution in [3.63, 3.8) is 0 Å². The van der Waals surface area contributed by atoms with Gasteiger partial charge in [-0.25, -0.2) is 0 Å². The van der Waals surface area contributed by atoms with E-state index >= 15 is 0 Å². The first-order valence-electron chi connectivity index (χ1n) is 10.4. The third-order valence-electron chi connectivity index (χ3n) is 5.21. The molecule has 1 aromatic carbocycles. The van der Waals surface area contributed by atoms with Crippen LogP contribution in [0.3, 0.4) is 0 Å². The fraction of sp³-hybridized carbons (Fsp3) is 0.727. The summed E-state index contributed by atoms with van der Waals surface area (Å²) in [6.07, 6.45) is 6.48. The van der Waals surface area contributed by atoms with Crippen LogP contribution in [0.25, 0.3) is 0 Å². The van der Waals surface area contributed by atoms with E-state index in [0.29, 0.717) is 5.37 Å². The lowest BCUT2D eigenvalue weighted by atomic mass is 10.0. The standard InChI is InChI=1S/C22H38N2OS/c1-19(2)8-6-4-5-7-17-25-22-11-9-21(10-12-22)18-23-13-15-24(16-14-23)20(3)26/h9-12,19-20,26H,4-8,13-18H2,1-3H3.